The lowest BCUT2D eigenvalue weighted by atomic mass is 9.96. The molecular weight excluding hydrogens is 238 g/mol. The van der Waals surface area contributed by atoms with Gasteiger partial charge in [-0.1, -0.05) is 6.07 Å². The van der Waals surface area contributed by atoms with Crippen LogP contribution in [0.15, 0.2) is 12.1 Å². The number of ether oxygens (including phenoxy) is 2. The zero-order valence-electron chi connectivity index (χ0n) is 10.2. The third-order valence-corrected chi connectivity index (χ3v) is 2.62. The molecule has 1 aromatic rings. The number of methoxy groups -OCH3 is 2. The number of carbonyl (C=O) groups is 2. The van der Waals surface area contributed by atoms with Gasteiger partial charge in [0, 0.05) is 12.1 Å². The Hall–Kier alpha value is -2.08. The van der Waals surface area contributed by atoms with E-state index in [1.165, 1.54) is 26.4 Å². The summed E-state index contributed by atoms with van der Waals surface area (Å²) in [5.41, 5.74) is 6.12. The average molecular weight is 253 g/mol. The lowest BCUT2D eigenvalue weighted by molar-refractivity contribution is -0.138. The molecule has 1 aromatic carbocycles. The quantitative estimate of drug-likeness (QED) is 0.722. The molecule has 0 bridgehead atoms. The van der Waals surface area contributed by atoms with Crippen molar-refractivity contribution in [3.05, 3.63) is 23.3 Å². The highest BCUT2D eigenvalue weighted by Gasteiger charge is 2.25. The van der Waals surface area contributed by atoms with Crippen LogP contribution >= 0.6 is 0 Å². The second-order valence-corrected chi connectivity index (χ2v) is 3.55. The largest absolute Gasteiger partial charge is 0.493 e. The molecule has 6 nitrogen and oxygen atoms in total. The number of carbonyl (C=O) groups excluding carboxylic acids is 1. The Kier molecular flexibility index (Phi) is 4.67. The molecule has 3 N–H and O–H groups in total. The molecule has 0 aliphatic rings. The topological polar surface area (TPSA) is 98.9 Å². The van der Waals surface area contributed by atoms with Gasteiger partial charge in [-0.15, -0.1) is 0 Å². The van der Waals surface area contributed by atoms with Crippen LogP contribution in [-0.4, -0.2) is 38.1 Å². The van der Waals surface area contributed by atoms with Gasteiger partial charge in [0.1, 0.15) is 0 Å². The van der Waals surface area contributed by atoms with Crippen molar-refractivity contribution in [3.8, 4) is 11.5 Å². The summed E-state index contributed by atoms with van der Waals surface area (Å²) in [6.45, 7) is -0.0741. The van der Waals surface area contributed by atoms with Crippen molar-refractivity contribution in [1.82, 2.24) is 0 Å². The number of aliphatic carboxylic acids is 1. The molecule has 0 aliphatic heterocycles. The second-order valence-electron chi connectivity index (χ2n) is 3.55. The van der Waals surface area contributed by atoms with Crippen molar-refractivity contribution in [2.75, 3.05) is 20.8 Å². The summed E-state index contributed by atoms with van der Waals surface area (Å²) in [5, 5.41) is 9.09. The third kappa shape index (κ3) is 2.43. The lowest BCUT2D eigenvalue weighted by Gasteiger charge is -2.18. The van der Waals surface area contributed by atoms with E-state index < -0.39 is 11.9 Å². The maximum absolute atomic E-state index is 11.1. The maximum Gasteiger partial charge on any atom is 0.312 e. The molecule has 0 aromatic heterocycles. The van der Waals surface area contributed by atoms with E-state index in [2.05, 4.69) is 0 Å². The van der Waals surface area contributed by atoms with E-state index in [9.17, 15) is 9.59 Å². The van der Waals surface area contributed by atoms with E-state index in [0.717, 1.165) is 0 Å². The minimum absolute atomic E-state index is 0.0741. The monoisotopic (exact) mass is 253 g/mol. The predicted molar refractivity (Wildman–Crippen MR) is 64.4 cm³/mol. The first-order valence-electron chi connectivity index (χ1n) is 5.23. The first-order chi connectivity index (χ1) is 8.60. The highest BCUT2D eigenvalue weighted by Crippen LogP contribution is 2.37. The van der Waals surface area contributed by atoms with Crippen LogP contribution in [0, 0.1) is 0 Å². The van der Waals surface area contributed by atoms with Crippen molar-refractivity contribution >= 4 is 12.3 Å². The number of benzene rings is 1. The first kappa shape index (κ1) is 14.0. The van der Waals surface area contributed by atoms with Crippen molar-refractivity contribution in [2.24, 2.45) is 5.73 Å². The molecule has 0 aliphatic carbocycles. The van der Waals surface area contributed by atoms with Gasteiger partial charge < -0.3 is 20.3 Å². The SMILES string of the molecule is COc1c(C=O)ccc(C(CN)C(=O)O)c1OC. The van der Waals surface area contributed by atoms with E-state index in [-0.39, 0.29) is 18.0 Å². The Bertz CT molecular complexity index is 458. The molecule has 0 saturated heterocycles. The zero-order chi connectivity index (χ0) is 13.7. The third-order valence-electron chi connectivity index (χ3n) is 2.62. The summed E-state index contributed by atoms with van der Waals surface area (Å²) in [4.78, 5) is 22.0. The molecule has 98 valence electrons. The van der Waals surface area contributed by atoms with Crippen molar-refractivity contribution in [1.29, 1.82) is 0 Å². The molecule has 0 amide bonds. The van der Waals surface area contributed by atoms with E-state index in [1.54, 1.807) is 0 Å². The lowest BCUT2D eigenvalue weighted by Crippen LogP contribution is -2.22. The Balaban J connectivity index is 3.45. The number of hydrogen-bond acceptors (Lipinski definition) is 5. The summed E-state index contributed by atoms with van der Waals surface area (Å²) < 4.78 is 10.2. The number of hydrogen-bond donors (Lipinski definition) is 2. The van der Waals surface area contributed by atoms with Gasteiger partial charge in [-0.05, 0) is 6.07 Å². The van der Waals surface area contributed by atoms with Gasteiger partial charge in [0.2, 0.25) is 0 Å². The van der Waals surface area contributed by atoms with Crippen LogP contribution in [0.4, 0.5) is 0 Å². The standard InChI is InChI=1S/C12H15NO5/c1-17-10-7(6-14)3-4-8(11(10)18-2)9(5-13)12(15)16/h3-4,6,9H,5,13H2,1-2H3,(H,15,16). The summed E-state index contributed by atoms with van der Waals surface area (Å²) >= 11 is 0. The molecule has 18 heavy (non-hydrogen) atoms. The van der Waals surface area contributed by atoms with E-state index >= 15 is 0 Å². The summed E-state index contributed by atoms with van der Waals surface area (Å²) in [5.74, 6) is -1.53. The molecule has 6 heteroatoms. The van der Waals surface area contributed by atoms with Gasteiger partial charge in [0.25, 0.3) is 0 Å². The molecule has 1 atom stereocenters. The molecule has 0 fully saturated rings. The maximum atomic E-state index is 11.1. The number of nitrogens with two attached hydrogens (primary N) is 1. The summed E-state index contributed by atoms with van der Waals surface area (Å²) in [6, 6.07) is 2.99. The van der Waals surface area contributed by atoms with Crippen LogP contribution in [0.3, 0.4) is 0 Å². The van der Waals surface area contributed by atoms with Crippen LogP contribution < -0.4 is 15.2 Å². The Morgan fingerprint density at radius 1 is 1.39 bits per heavy atom. The van der Waals surface area contributed by atoms with E-state index in [0.29, 0.717) is 17.4 Å². The highest BCUT2D eigenvalue weighted by atomic mass is 16.5. The number of carboxylic acid groups (broad SMARTS) is 1. The minimum Gasteiger partial charge on any atom is -0.493 e. The Labute approximate surface area is 104 Å². The van der Waals surface area contributed by atoms with Crippen LogP contribution in [0.1, 0.15) is 21.8 Å². The van der Waals surface area contributed by atoms with Crippen molar-refractivity contribution in [2.45, 2.75) is 5.92 Å². The van der Waals surface area contributed by atoms with E-state index in [1.807, 2.05) is 0 Å². The average Bonchev–Trinajstić information content (AvgIpc) is 2.38. The summed E-state index contributed by atoms with van der Waals surface area (Å²) in [7, 11) is 2.76. The first-order valence-corrected chi connectivity index (χ1v) is 5.23. The highest BCUT2D eigenvalue weighted by molar-refractivity contribution is 5.84. The fourth-order valence-electron chi connectivity index (χ4n) is 1.74. The van der Waals surface area contributed by atoms with Gasteiger partial charge in [0.05, 0.1) is 25.7 Å². The molecule has 1 unspecified atom stereocenters. The van der Waals surface area contributed by atoms with E-state index in [4.69, 9.17) is 20.3 Å². The molecule has 1 rings (SSSR count). The van der Waals surface area contributed by atoms with Crippen molar-refractivity contribution < 1.29 is 24.2 Å². The van der Waals surface area contributed by atoms with Gasteiger partial charge in [-0.2, -0.15) is 0 Å². The minimum atomic E-state index is -1.06. The molecule has 0 saturated carbocycles. The van der Waals surface area contributed by atoms with Gasteiger partial charge in [-0.3, -0.25) is 9.59 Å². The Morgan fingerprint density at radius 3 is 2.39 bits per heavy atom. The van der Waals surface area contributed by atoms with Crippen LogP contribution in [0.5, 0.6) is 11.5 Å². The number of rotatable bonds is 6. The normalized spacial score (nSPS) is 11.7. The van der Waals surface area contributed by atoms with Gasteiger partial charge in [-0.25, -0.2) is 0 Å². The fourth-order valence-corrected chi connectivity index (χ4v) is 1.74. The van der Waals surface area contributed by atoms with Crippen LogP contribution in [0.25, 0.3) is 0 Å². The smallest absolute Gasteiger partial charge is 0.312 e. The zero-order valence-corrected chi connectivity index (χ0v) is 10.2. The molecule has 0 heterocycles. The molecular formula is C12H15NO5. The molecule has 0 radical (unpaired) electrons. The van der Waals surface area contributed by atoms with Crippen molar-refractivity contribution in [3.63, 3.8) is 0 Å². The van der Waals surface area contributed by atoms with Crippen LogP contribution in [0.2, 0.25) is 0 Å². The van der Waals surface area contributed by atoms with Gasteiger partial charge in [0.15, 0.2) is 17.8 Å². The number of aldehydes is 1. The second kappa shape index (κ2) is 6.02. The summed E-state index contributed by atoms with van der Waals surface area (Å²) in [6.07, 6.45) is 0.614. The predicted octanol–water partition coefficient (Wildman–Crippen LogP) is 0.643. The van der Waals surface area contributed by atoms with Crippen LogP contribution in [-0.2, 0) is 4.79 Å². The Morgan fingerprint density at radius 2 is 2.00 bits per heavy atom. The molecule has 0 spiro atoms. The fraction of sp³-hybridized carbons (Fsp3) is 0.333. The number of carboxylic acids is 1. The van der Waals surface area contributed by atoms with Gasteiger partial charge >= 0.3 is 5.97 Å².